The molecule has 1 unspecified atom stereocenters. The molecule has 3 heterocycles. The first-order valence-electron chi connectivity index (χ1n) is 11.5. The van der Waals surface area contributed by atoms with E-state index in [2.05, 4.69) is 59.3 Å². The number of anilines is 1. The van der Waals surface area contributed by atoms with Gasteiger partial charge in [-0.2, -0.15) is 0 Å². The van der Waals surface area contributed by atoms with Crippen LogP contribution in [0.3, 0.4) is 0 Å². The standard InChI is InChI=1S/C26H29F2N5/c1-5-21-23(30-12-11-29-21)31-17(3)19-14-16(2)15-20-18(4)33-13-10-25(24(33)32-22(19)20)6-8-26(27,28)9-7-25/h5,11-12,14-15,17H,1,4,6-10,13H2,2-3H3,(H,30,31). The van der Waals surface area contributed by atoms with E-state index in [1.807, 2.05) is 0 Å². The molecule has 33 heavy (non-hydrogen) atoms. The number of rotatable bonds is 4. The van der Waals surface area contributed by atoms with Crippen LogP contribution in [0.4, 0.5) is 20.3 Å². The van der Waals surface area contributed by atoms with Gasteiger partial charge in [-0.25, -0.2) is 18.8 Å². The Bertz CT molecular complexity index is 1160. The van der Waals surface area contributed by atoms with E-state index >= 15 is 0 Å². The number of amidine groups is 1. The average molecular weight is 450 g/mol. The number of hydrogen-bond donors (Lipinski definition) is 1. The number of hydrogen-bond acceptors (Lipinski definition) is 5. The largest absolute Gasteiger partial charge is 0.362 e. The smallest absolute Gasteiger partial charge is 0.248 e. The van der Waals surface area contributed by atoms with Gasteiger partial charge < -0.3 is 10.2 Å². The molecule has 1 aromatic carbocycles. The maximum Gasteiger partial charge on any atom is 0.248 e. The van der Waals surface area contributed by atoms with Crippen LogP contribution < -0.4 is 5.32 Å². The van der Waals surface area contributed by atoms with E-state index in [1.54, 1.807) is 18.5 Å². The fourth-order valence-corrected chi connectivity index (χ4v) is 5.46. The molecule has 3 aliphatic rings. The Hall–Kier alpha value is -3.09. The van der Waals surface area contributed by atoms with Gasteiger partial charge in [0.05, 0.1) is 11.7 Å². The molecular formula is C26H29F2N5. The molecule has 1 aromatic heterocycles. The summed E-state index contributed by atoms with van der Waals surface area (Å²) in [7, 11) is 0. The Labute approximate surface area is 193 Å². The second kappa shape index (κ2) is 7.75. The summed E-state index contributed by atoms with van der Waals surface area (Å²) >= 11 is 0. The first kappa shape index (κ1) is 21.7. The van der Waals surface area contributed by atoms with Crippen molar-refractivity contribution in [3.05, 3.63) is 60.1 Å². The SMILES string of the molecule is C=Cc1nccnc1NC(C)c1cc(C)cc2c1N=C1N(CCC13CCC(F)(F)CC3)C2=C. The number of aliphatic imine (C=N–C) groups is 1. The van der Waals surface area contributed by atoms with E-state index in [0.29, 0.717) is 24.4 Å². The first-order valence-corrected chi connectivity index (χ1v) is 11.5. The van der Waals surface area contributed by atoms with Crippen LogP contribution in [0.2, 0.25) is 0 Å². The van der Waals surface area contributed by atoms with Crippen LogP contribution in [0, 0.1) is 12.3 Å². The van der Waals surface area contributed by atoms with Crippen molar-refractivity contribution >= 4 is 29.1 Å². The van der Waals surface area contributed by atoms with E-state index in [4.69, 9.17) is 4.99 Å². The van der Waals surface area contributed by atoms with Crippen LogP contribution in [-0.4, -0.2) is 33.2 Å². The number of alkyl halides is 2. The van der Waals surface area contributed by atoms with Crippen LogP contribution in [0.5, 0.6) is 0 Å². The highest BCUT2D eigenvalue weighted by atomic mass is 19.3. The number of aryl methyl sites for hydroxylation is 1. The van der Waals surface area contributed by atoms with Crippen LogP contribution in [-0.2, 0) is 0 Å². The Balaban J connectivity index is 1.56. The predicted molar refractivity (Wildman–Crippen MR) is 129 cm³/mol. The van der Waals surface area contributed by atoms with E-state index in [-0.39, 0.29) is 24.3 Å². The minimum Gasteiger partial charge on any atom is -0.362 e. The van der Waals surface area contributed by atoms with Crippen molar-refractivity contribution in [2.24, 2.45) is 10.4 Å². The molecule has 0 amide bonds. The summed E-state index contributed by atoms with van der Waals surface area (Å²) < 4.78 is 27.9. The summed E-state index contributed by atoms with van der Waals surface area (Å²) in [6, 6.07) is 4.14. The quantitative estimate of drug-likeness (QED) is 0.578. The van der Waals surface area contributed by atoms with E-state index < -0.39 is 5.92 Å². The molecular weight excluding hydrogens is 420 g/mol. The van der Waals surface area contributed by atoms with Crippen molar-refractivity contribution in [3.8, 4) is 0 Å². The van der Waals surface area contributed by atoms with Crippen molar-refractivity contribution in [1.29, 1.82) is 0 Å². The van der Waals surface area contributed by atoms with Crippen molar-refractivity contribution in [1.82, 2.24) is 14.9 Å². The lowest BCUT2D eigenvalue weighted by Gasteiger charge is -2.40. The topological polar surface area (TPSA) is 53.4 Å². The Kier molecular flexibility index (Phi) is 5.10. The molecule has 0 radical (unpaired) electrons. The zero-order valence-electron chi connectivity index (χ0n) is 19.2. The lowest BCUT2D eigenvalue weighted by molar-refractivity contribution is -0.0537. The minimum absolute atomic E-state index is 0.0745. The number of fused-ring (bicyclic) bond motifs is 3. The molecule has 2 aliphatic heterocycles. The van der Waals surface area contributed by atoms with E-state index in [1.165, 1.54) is 0 Å². The minimum atomic E-state index is -2.57. The molecule has 1 saturated carbocycles. The van der Waals surface area contributed by atoms with Gasteiger partial charge in [0.2, 0.25) is 5.92 Å². The summed E-state index contributed by atoms with van der Waals surface area (Å²) in [6.45, 7) is 13.1. The second-order valence-corrected chi connectivity index (χ2v) is 9.53. The number of halogens is 2. The molecule has 5 rings (SSSR count). The summed E-state index contributed by atoms with van der Waals surface area (Å²) in [5.41, 5.74) is 5.33. The zero-order valence-corrected chi connectivity index (χ0v) is 19.2. The van der Waals surface area contributed by atoms with Gasteiger partial charge in [-0.05, 0) is 50.8 Å². The monoisotopic (exact) mass is 449 g/mol. The Morgan fingerprint density at radius 2 is 1.85 bits per heavy atom. The van der Waals surface area contributed by atoms with Gasteiger partial charge >= 0.3 is 0 Å². The van der Waals surface area contributed by atoms with Gasteiger partial charge in [0.15, 0.2) is 5.82 Å². The lowest BCUT2D eigenvalue weighted by atomic mass is 9.71. The third kappa shape index (κ3) is 3.63. The molecule has 1 aliphatic carbocycles. The predicted octanol–water partition coefficient (Wildman–Crippen LogP) is 6.52. The third-order valence-corrected chi connectivity index (χ3v) is 7.36. The van der Waals surface area contributed by atoms with E-state index in [0.717, 1.165) is 46.9 Å². The lowest BCUT2D eigenvalue weighted by Crippen LogP contribution is -2.40. The first-order chi connectivity index (χ1) is 15.7. The van der Waals surface area contributed by atoms with Gasteiger partial charge in [0.1, 0.15) is 11.5 Å². The van der Waals surface area contributed by atoms with Crippen LogP contribution >= 0.6 is 0 Å². The maximum atomic E-state index is 14.0. The van der Waals surface area contributed by atoms with E-state index in [9.17, 15) is 8.78 Å². The van der Waals surface area contributed by atoms with Crippen LogP contribution in [0.1, 0.15) is 67.5 Å². The molecule has 1 spiro atoms. The molecule has 2 fully saturated rings. The fourth-order valence-electron chi connectivity index (χ4n) is 5.46. The molecule has 7 heteroatoms. The van der Waals surface area contributed by atoms with Crippen LogP contribution in [0.25, 0.3) is 11.8 Å². The fraction of sp³-hybridized carbons (Fsp3) is 0.423. The highest BCUT2D eigenvalue weighted by molar-refractivity contribution is 6.03. The van der Waals surface area contributed by atoms with Gasteiger partial charge in [0, 0.05) is 54.0 Å². The van der Waals surface area contributed by atoms with Gasteiger partial charge in [-0.3, -0.25) is 4.98 Å². The molecule has 0 bridgehead atoms. The number of aromatic nitrogens is 2. The van der Waals surface area contributed by atoms with Gasteiger partial charge in [0.25, 0.3) is 0 Å². The molecule has 1 saturated heterocycles. The molecule has 5 nitrogen and oxygen atoms in total. The third-order valence-electron chi connectivity index (χ3n) is 7.36. The molecule has 1 N–H and O–H groups in total. The molecule has 1 atom stereocenters. The molecule has 2 aromatic rings. The summed E-state index contributed by atoms with van der Waals surface area (Å²) in [4.78, 5) is 16.1. The highest BCUT2D eigenvalue weighted by Crippen LogP contribution is 2.54. The van der Waals surface area contributed by atoms with Gasteiger partial charge in [-0.15, -0.1) is 0 Å². The normalized spacial score (nSPS) is 21.3. The average Bonchev–Trinajstić information content (AvgIpc) is 3.15. The summed E-state index contributed by atoms with van der Waals surface area (Å²) in [5, 5.41) is 3.45. The summed E-state index contributed by atoms with van der Waals surface area (Å²) in [5.74, 6) is -0.992. The number of nitrogens with zero attached hydrogens (tertiary/aromatic N) is 4. The van der Waals surface area contributed by atoms with Crippen LogP contribution in [0.15, 0.2) is 42.7 Å². The Morgan fingerprint density at radius 1 is 1.12 bits per heavy atom. The van der Waals surface area contributed by atoms with Crippen molar-refractivity contribution in [2.45, 2.75) is 57.9 Å². The number of nitrogens with one attached hydrogen (secondary N) is 1. The summed E-state index contributed by atoms with van der Waals surface area (Å²) in [6.07, 6.45) is 6.59. The highest BCUT2D eigenvalue weighted by Gasteiger charge is 2.52. The molecule has 172 valence electrons. The second-order valence-electron chi connectivity index (χ2n) is 9.53. The van der Waals surface area contributed by atoms with Crippen molar-refractivity contribution in [2.75, 3.05) is 11.9 Å². The van der Waals surface area contributed by atoms with Crippen molar-refractivity contribution < 1.29 is 8.78 Å². The number of benzene rings is 1. The zero-order chi connectivity index (χ0) is 23.4. The van der Waals surface area contributed by atoms with Crippen molar-refractivity contribution in [3.63, 3.8) is 0 Å². The Morgan fingerprint density at radius 3 is 2.58 bits per heavy atom. The maximum absolute atomic E-state index is 14.0. The van der Waals surface area contributed by atoms with Gasteiger partial charge in [-0.1, -0.05) is 19.2 Å².